The Hall–Kier alpha value is -2.10. The SMILES string of the molecule is Cc1ccccc1-c1c(C)nn(C)c1C(N)=O. The van der Waals surface area contributed by atoms with Crippen LogP contribution >= 0.6 is 0 Å². The summed E-state index contributed by atoms with van der Waals surface area (Å²) in [7, 11) is 1.73. The van der Waals surface area contributed by atoms with E-state index in [1.54, 1.807) is 11.7 Å². The van der Waals surface area contributed by atoms with Gasteiger partial charge in [-0.05, 0) is 25.0 Å². The maximum absolute atomic E-state index is 11.5. The summed E-state index contributed by atoms with van der Waals surface area (Å²) in [6.07, 6.45) is 0. The summed E-state index contributed by atoms with van der Waals surface area (Å²) in [6, 6.07) is 7.90. The molecular weight excluding hydrogens is 214 g/mol. The molecule has 0 unspecified atom stereocenters. The first-order chi connectivity index (χ1) is 8.02. The molecule has 1 aromatic heterocycles. The molecule has 0 bridgehead atoms. The van der Waals surface area contributed by atoms with Crippen LogP contribution in [0.1, 0.15) is 21.7 Å². The van der Waals surface area contributed by atoms with Crippen molar-refractivity contribution >= 4 is 5.91 Å². The monoisotopic (exact) mass is 229 g/mol. The quantitative estimate of drug-likeness (QED) is 0.853. The van der Waals surface area contributed by atoms with Crippen molar-refractivity contribution in [3.8, 4) is 11.1 Å². The smallest absolute Gasteiger partial charge is 0.267 e. The lowest BCUT2D eigenvalue weighted by molar-refractivity contribution is 0.0992. The van der Waals surface area contributed by atoms with Crippen molar-refractivity contribution in [2.45, 2.75) is 13.8 Å². The molecule has 4 heteroatoms. The van der Waals surface area contributed by atoms with Crippen molar-refractivity contribution in [2.24, 2.45) is 12.8 Å². The van der Waals surface area contributed by atoms with Crippen LogP contribution in [0.4, 0.5) is 0 Å². The van der Waals surface area contributed by atoms with Gasteiger partial charge in [0.05, 0.1) is 5.69 Å². The van der Waals surface area contributed by atoms with Crippen molar-refractivity contribution in [3.05, 3.63) is 41.2 Å². The number of carbonyl (C=O) groups is 1. The number of amides is 1. The van der Waals surface area contributed by atoms with Gasteiger partial charge in [0.2, 0.25) is 0 Å². The van der Waals surface area contributed by atoms with Crippen LogP contribution in [0.15, 0.2) is 24.3 Å². The Labute approximate surface area is 100 Å². The lowest BCUT2D eigenvalue weighted by Gasteiger charge is -2.06. The van der Waals surface area contributed by atoms with Gasteiger partial charge in [-0.1, -0.05) is 24.3 Å². The molecule has 2 N–H and O–H groups in total. The molecule has 0 saturated heterocycles. The van der Waals surface area contributed by atoms with E-state index in [1.807, 2.05) is 38.1 Å². The van der Waals surface area contributed by atoms with E-state index >= 15 is 0 Å². The third-order valence-electron chi connectivity index (χ3n) is 2.87. The van der Waals surface area contributed by atoms with E-state index < -0.39 is 5.91 Å². The van der Waals surface area contributed by atoms with E-state index in [2.05, 4.69) is 5.10 Å². The van der Waals surface area contributed by atoms with Crippen LogP contribution in [0, 0.1) is 13.8 Å². The zero-order chi connectivity index (χ0) is 12.6. The molecule has 2 rings (SSSR count). The van der Waals surface area contributed by atoms with Crippen LogP contribution in [-0.2, 0) is 7.05 Å². The first kappa shape index (κ1) is 11.4. The first-order valence-electron chi connectivity index (χ1n) is 5.41. The number of benzene rings is 1. The van der Waals surface area contributed by atoms with Crippen LogP contribution in [0.3, 0.4) is 0 Å². The Morgan fingerprint density at radius 3 is 2.53 bits per heavy atom. The summed E-state index contributed by atoms with van der Waals surface area (Å²) in [6.45, 7) is 3.89. The highest BCUT2D eigenvalue weighted by molar-refractivity contribution is 5.99. The third kappa shape index (κ3) is 1.82. The van der Waals surface area contributed by atoms with Gasteiger partial charge in [0.25, 0.3) is 5.91 Å². The third-order valence-corrected chi connectivity index (χ3v) is 2.87. The molecule has 0 fully saturated rings. The van der Waals surface area contributed by atoms with Gasteiger partial charge in [0.15, 0.2) is 0 Å². The number of hydrogen-bond donors (Lipinski definition) is 1. The summed E-state index contributed by atoms with van der Waals surface area (Å²) in [5, 5.41) is 4.27. The maximum atomic E-state index is 11.5. The molecule has 17 heavy (non-hydrogen) atoms. The molecule has 0 aliphatic carbocycles. The number of carbonyl (C=O) groups excluding carboxylic acids is 1. The van der Waals surface area contributed by atoms with Crippen LogP contribution in [0.2, 0.25) is 0 Å². The van der Waals surface area contributed by atoms with E-state index in [9.17, 15) is 4.79 Å². The molecular formula is C13H15N3O. The largest absolute Gasteiger partial charge is 0.364 e. The van der Waals surface area contributed by atoms with Gasteiger partial charge in [0, 0.05) is 12.6 Å². The van der Waals surface area contributed by atoms with E-state index in [-0.39, 0.29) is 0 Å². The van der Waals surface area contributed by atoms with Crippen molar-refractivity contribution < 1.29 is 4.79 Å². The van der Waals surface area contributed by atoms with Gasteiger partial charge >= 0.3 is 0 Å². The van der Waals surface area contributed by atoms with E-state index in [0.29, 0.717) is 5.69 Å². The number of aryl methyl sites for hydroxylation is 3. The first-order valence-corrected chi connectivity index (χ1v) is 5.41. The van der Waals surface area contributed by atoms with E-state index in [4.69, 9.17) is 5.73 Å². The van der Waals surface area contributed by atoms with Crippen molar-refractivity contribution in [1.82, 2.24) is 9.78 Å². The second kappa shape index (κ2) is 4.05. The fourth-order valence-corrected chi connectivity index (χ4v) is 2.12. The lowest BCUT2D eigenvalue weighted by Crippen LogP contribution is -2.16. The second-order valence-corrected chi connectivity index (χ2v) is 4.11. The Morgan fingerprint density at radius 1 is 1.29 bits per heavy atom. The molecule has 1 aromatic carbocycles. The Bertz CT molecular complexity index is 584. The minimum absolute atomic E-state index is 0.452. The van der Waals surface area contributed by atoms with Gasteiger partial charge in [-0.15, -0.1) is 0 Å². The van der Waals surface area contributed by atoms with Gasteiger partial charge in [0.1, 0.15) is 5.69 Å². The van der Waals surface area contributed by atoms with Gasteiger partial charge in [-0.3, -0.25) is 9.48 Å². The molecule has 0 saturated carbocycles. The number of aromatic nitrogens is 2. The summed E-state index contributed by atoms with van der Waals surface area (Å²) in [4.78, 5) is 11.5. The fourth-order valence-electron chi connectivity index (χ4n) is 2.12. The number of nitrogens with zero attached hydrogens (tertiary/aromatic N) is 2. The Morgan fingerprint density at radius 2 is 1.94 bits per heavy atom. The van der Waals surface area contributed by atoms with Crippen LogP contribution < -0.4 is 5.73 Å². The minimum Gasteiger partial charge on any atom is -0.364 e. The van der Waals surface area contributed by atoms with Gasteiger partial charge < -0.3 is 5.73 Å². The van der Waals surface area contributed by atoms with Crippen molar-refractivity contribution in [1.29, 1.82) is 0 Å². The molecule has 0 spiro atoms. The average molecular weight is 229 g/mol. The van der Waals surface area contributed by atoms with Crippen molar-refractivity contribution in [2.75, 3.05) is 0 Å². The number of nitrogens with two attached hydrogens (primary N) is 1. The minimum atomic E-state index is -0.452. The lowest BCUT2D eigenvalue weighted by atomic mass is 9.98. The zero-order valence-electron chi connectivity index (χ0n) is 10.2. The molecule has 1 heterocycles. The van der Waals surface area contributed by atoms with Crippen LogP contribution in [-0.4, -0.2) is 15.7 Å². The molecule has 0 aliphatic heterocycles. The average Bonchev–Trinajstić information content (AvgIpc) is 2.54. The fraction of sp³-hybridized carbons (Fsp3) is 0.231. The van der Waals surface area contributed by atoms with Crippen LogP contribution in [0.25, 0.3) is 11.1 Å². The highest BCUT2D eigenvalue weighted by Gasteiger charge is 2.19. The molecule has 0 radical (unpaired) electrons. The highest BCUT2D eigenvalue weighted by atomic mass is 16.1. The number of primary amides is 1. The van der Waals surface area contributed by atoms with E-state index in [0.717, 1.165) is 22.4 Å². The molecule has 1 amide bonds. The topological polar surface area (TPSA) is 60.9 Å². The maximum Gasteiger partial charge on any atom is 0.267 e. The molecule has 0 atom stereocenters. The van der Waals surface area contributed by atoms with Crippen LogP contribution in [0.5, 0.6) is 0 Å². The van der Waals surface area contributed by atoms with Gasteiger partial charge in [-0.2, -0.15) is 5.10 Å². The molecule has 0 aliphatic rings. The standard InChI is InChI=1S/C13H15N3O/c1-8-6-4-5-7-10(8)11-9(2)15-16(3)12(11)13(14)17/h4-7H,1-3H3,(H2,14,17). The predicted octanol–water partition coefficient (Wildman–Crippen LogP) is 1.80. The van der Waals surface area contributed by atoms with E-state index in [1.165, 1.54) is 0 Å². The number of hydrogen-bond acceptors (Lipinski definition) is 2. The second-order valence-electron chi connectivity index (χ2n) is 4.11. The zero-order valence-corrected chi connectivity index (χ0v) is 10.2. The van der Waals surface area contributed by atoms with Gasteiger partial charge in [-0.25, -0.2) is 0 Å². The Balaban J connectivity index is 2.76. The number of rotatable bonds is 2. The molecule has 88 valence electrons. The summed E-state index contributed by atoms with van der Waals surface area (Å²) in [5.74, 6) is -0.452. The van der Waals surface area contributed by atoms with Crippen molar-refractivity contribution in [3.63, 3.8) is 0 Å². The summed E-state index contributed by atoms with van der Waals surface area (Å²) >= 11 is 0. The Kier molecular flexibility index (Phi) is 2.71. The predicted molar refractivity (Wildman–Crippen MR) is 66.6 cm³/mol. The summed E-state index contributed by atoms with van der Waals surface area (Å²) in [5.41, 5.74) is 9.63. The normalized spacial score (nSPS) is 10.5. The molecule has 4 nitrogen and oxygen atoms in total. The highest BCUT2D eigenvalue weighted by Crippen LogP contribution is 2.29. The molecule has 2 aromatic rings. The summed E-state index contributed by atoms with van der Waals surface area (Å²) < 4.78 is 1.54.